The van der Waals surface area contributed by atoms with Crippen molar-refractivity contribution in [3.8, 4) is 0 Å². The molecule has 1 heterocycles. The second-order valence-corrected chi connectivity index (χ2v) is 3.53. The number of nitrogen functional groups attached to an aromatic ring is 1. The van der Waals surface area contributed by atoms with Crippen molar-refractivity contribution in [2.75, 3.05) is 5.73 Å². The van der Waals surface area contributed by atoms with E-state index < -0.39 is 5.97 Å². The topological polar surface area (TPSA) is 76.5 Å². The lowest BCUT2D eigenvalue weighted by molar-refractivity contribution is 0.0698. The minimum Gasteiger partial charge on any atom is -0.478 e. The Labute approximate surface area is 86.3 Å². The van der Waals surface area contributed by atoms with Gasteiger partial charge in [-0.25, -0.2) is 4.79 Å². The third-order valence-corrected chi connectivity index (χ3v) is 2.53. The Hall–Kier alpha value is -1.97. The van der Waals surface area contributed by atoms with Crippen LogP contribution in [0.4, 0.5) is 5.69 Å². The number of anilines is 1. The van der Waals surface area contributed by atoms with Gasteiger partial charge in [0.05, 0.1) is 0 Å². The summed E-state index contributed by atoms with van der Waals surface area (Å²) in [6.45, 7) is 3.68. The van der Waals surface area contributed by atoms with Crippen LogP contribution in [0.2, 0.25) is 0 Å². The molecular formula is C11H11NO3. The van der Waals surface area contributed by atoms with E-state index in [1.807, 2.05) is 6.92 Å². The van der Waals surface area contributed by atoms with E-state index in [1.54, 1.807) is 13.0 Å². The van der Waals surface area contributed by atoms with Gasteiger partial charge in [-0.1, -0.05) is 0 Å². The Morgan fingerprint density at radius 1 is 1.40 bits per heavy atom. The van der Waals surface area contributed by atoms with Gasteiger partial charge >= 0.3 is 5.97 Å². The normalized spacial score (nSPS) is 10.8. The Bertz CT molecular complexity index is 554. The number of hydrogen-bond donors (Lipinski definition) is 2. The van der Waals surface area contributed by atoms with E-state index in [0.29, 0.717) is 11.3 Å². The predicted molar refractivity (Wildman–Crippen MR) is 57.1 cm³/mol. The highest BCUT2D eigenvalue weighted by molar-refractivity contribution is 6.03. The van der Waals surface area contributed by atoms with Crippen LogP contribution in [0.3, 0.4) is 0 Å². The maximum atomic E-state index is 11.0. The molecule has 2 rings (SSSR count). The van der Waals surface area contributed by atoms with Crippen molar-refractivity contribution < 1.29 is 14.3 Å². The molecule has 0 radical (unpaired) electrons. The SMILES string of the molecule is Cc1oc2c(C(=O)O)cc(N)cc2c1C. The van der Waals surface area contributed by atoms with Crippen LogP contribution in [0.25, 0.3) is 11.0 Å². The van der Waals surface area contributed by atoms with Gasteiger partial charge in [0.2, 0.25) is 0 Å². The van der Waals surface area contributed by atoms with Gasteiger partial charge in [-0.15, -0.1) is 0 Å². The van der Waals surface area contributed by atoms with E-state index in [4.69, 9.17) is 15.3 Å². The summed E-state index contributed by atoms with van der Waals surface area (Å²) < 4.78 is 5.41. The molecule has 0 aliphatic rings. The van der Waals surface area contributed by atoms with E-state index in [-0.39, 0.29) is 5.56 Å². The highest BCUT2D eigenvalue weighted by atomic mass is 16.4. The monoisotopic (exact) mass is 205 g/mol. The second kappa shape index (κ2) is 3.02. The molecule has 0 amide bonds. The highest BCUT2D eigenvalue weighted by Crippen LogP contribution is 2.29. The molecule has 0 aliphatic heterocycles. The molecule has 2 aromatic rings. The van der Waals surface area contributed by atoms with E-state index in [1.165, 1.54) is 6.07 Å². The van der Waals surface area contributed by atoms with Crippen LogP contribution in [0.1, 0.15) is 21.7 Å². The summed E-state index contributed by atoms with van der Waals surface area (Å²) >= 11 is 0. The number of rotatable bonds is 1. The van der Waals surface area contributed by atoms with Crippen molar-refractivity contribution in [3.05, 3.63) is 29.0 Å². The maximum Gasteiger partial charge on any atom is 0.339 e. The zero-order chi connectivity index (χ0) is 11.2. The van der Waals surface area contributed by atoms with Gasteiger partial charge in [0, 0.05) is 11.1 Å². The number of benzene rings is 1. The molecule has 0 fully saturated rings. The number of carbonyl (C=O) groups is 1. The van der Waals surface area contributed by atoms with Gasteiger partial charge in [0.25, 0.3) is 0 Å². The first kappa shape index (κ1) is 9.58. The Morgan fingerprint density at radius 3 is 2.67 bits per heavy atom. The largest absolute Gasteiger partial charge is 0.478 e. The fraction of sp³-hybridized carbons (Fsp3) is 0.182. The molecule has 0 aliphatic carbocycles. The number of furan rings is 1. The fourth-order valence-corrected chi connectivity index (χ4v) is 1.62. The highest BCUT2D eigenvalue weighted by Gasteiger charge is 2.16. The van der Waals surface area contributed by atoms with Crippen LogP contribution in [0.15, 0.2) is 16.5 Å². The van der Waals surface area contributed by atoms with E-state index in [2.05, 4.69) is 0 Å². The minimum absolute atomic E-state index is 0.112. The molecule has 1 aromatic carbocycles. The van der Waals surface area contributed by atoms with Gasteiger partial charge in [0.1, 0.15) is 16.9 Å². The predicted octanol–water partition coefficient (Wildman–Crippen LogP) is 2.33. The maximum absolute atomic E-state index is 11.0. The summed E-state index contributed by atoms with van der Waals surface area (Å²) in [5, 5.41) is 9.76. The van der Waals surface area contributed by atoms with E-state index >= 15 is 0 Å². The second-order valence-electron chi connectivity index (χ2n) is 3.53. The fourth-order valence-electron chi connectivity index (χ4n) is 1.62. The van der Waals surface area contributed by atoms with Crippen molar-refractivity contribution in [2.24, 2.45) is 0 Å². The summed E-state index contributed by atoms with van der Waals surface area (Å²) in [5.41, 5.74) is 7.51. The van der Waals surface area contributed by atoms with Crippen LogP contribution in [-0.4, -0.2) is 11.1 Å². The zero-order valence-electron chi connectivity index (χ0n) is 8.50. The number of aryl methyl sites for hydroxylation is 2. The molecule has 4 heteroatoms. The Kier molecular flexibility index (Phi) is 1.93. The molecule has 0 atom stereocenters. The molecule has 1 aromatic heterocycles. The van der Waals surface area contributed by atoms with Gasteiger partial charge in [-0.2, -0.15) is 0 Å². The van der Waals surface area contributed by atoms with Crippen molar-refractivity contribution in [1.29, 1.82) is 0 Å². The smallest absolute Gasteiger partial charge is 0.339 e. The molecule has 0 bridgehead atoms. The van der Waals surface area contributed by atoms with Crippen LogP contribution in [-0.2, 0) is 0 Å². The van der Waals surface area contributed by atoms with E-state index in [9.17, 15) is 4.79 Å². The lowest BCUT2D eigenvalue weighted by atomic mass is 10.1. The summed E-state index contributed by atoms with van der Waals surface area (Å²) in [4.78, 5) is 11.0. The van der Waals surface area contributed by atoms with Crippen molar-refractivity contribution >= 4 is 22.6 Å². The van der Waals surface area contributed by atoms with Gasteiger partial charge in [0.15, 0.2) is 0 Å². The molecule has 78 valence electrons. The quantitative estimate of drug-likeness (QED) is 0.700. The van der Waals surface area contributed by atoms with Gasteiger partial charge in [-0.3, -0.25) is 0 Å². The summed E-state index contributed by atoms with van der Waals surface area (Å²) in [5.74, 6) is -0.306. The molecule has 0 saturated carbocycles. The first-order valence-electron chi connectivity index (χ1n) is 4.53. The average molecular weight is 205 g/mol. The summed E-state index contributed by atoms with van der Waals surface area (Å²) in [6, 6.07) is 3.14. The zero-order valence-corrected chi connectivity index (χ0v) is 8.50. The standard InChI is InChI=1S/C11H11NO3/c1-5-6(2)15-10-8(5)3-7(12)4-9(10)11(13)14/h3-4H,12H2,1-2H3,(H,13,14). The van der Waals surface area contributed by atoms with Gasteiger partial charge < -0.3 is 15.3 Å². The minimum atomic E-state index is -1.03. The number of carboxylic acids is 1. The summed E-state index contributed by atoms with van der Waals surface area (Å²) in [6.07, 6.45) is 0. The molecule has 3 N–H and O–H groups in total. The number of carboxylic acid groups (broad SMARTS) is 1. The average Bonchev–Trinajstić information content (AvgIpc) is 2.43. The number of fused-ring (bicyclic) bond motifs is 1. The number of aromatic carboxylic acids is 1. The lowest BCUT2D eigenvalue weighted by Crippen LogP contribution is -1.98. The molecule has 0 saturated heterocycles. The molecule has 4 nitrogen and oxygen atoms in total. The van der Waals surface area contributed by atoms with Crippen molar-refractivity contribution in [1.82, 2.24) is 0 Å². The van der Waals surface area contributed by atoms with Crippen LogP contribution in [0, 0.1) is 13.8 Å². The molecule has 0 unspecified atom stereocenters. The lowest BCUT2D eigenvalue weighted by Gasteiger charge is -1.98. The first-order chi connectivity index (χ1) is 7.00. The van der Waals surface area contributed by atoms with E-state index in [0.717, 1.165) is 16.7 Å². The number of nitrogens with two attached hydrogens (primary N) is 1. The third kappa shape index (κ3) is 1.34. The van der Waals surface area contributed by atoms with Crippen molar-refractivity contribution in [2.45, 2.75) is 13.8 Å². The van der Waals surface area contributed by atoms with Crippen LogP contribution in [0.5, 0.6) is 0 Å². The van der Waals surface area contributed by atoms with Crippen LogP contribution >= 0.6 is 0 Å². The third-order valence-electron chi connectivity index (χ3n) is 2.53. The van der Waals surface area contributed by atoms with Crippen molar-refractivity contribution in [3.63, 3.8) is 0 Å². The first-order valence-corrected chi connectivity index (χ1v) is 4.53. The molecular weight excluding hydrogens is 194 g/mol. The van der Waals surface area contributed by atoms with Crippen LogP contribution < -0.4 is 5.73 Å². The number of hydrogen-bond acceptors (Lipinski definition) is 3. The Balaban J connectivity index is 2.92. The summed E-state index contributed by atoms with van der Waals surface area (Å²) in [7, 11) is 0. The molecule has 0 spiro atoms. The molecule has 15 heavy (non-hydrogen) atoms. The Morgan fingerprint density at radius 2 is 2.07 bits per heavy atom. The van der Waals surface area contributed by atoms with Gasteiger partial charge in [-0.05, 0) is 31.5 Å².